The van der Waals surface area contributed by atoms with Gasteiger partial charge >= 0.3 is 0 Å². The SMILES string of the molecule is C[C@@H]1CCc2c(sc3ncn(CC(=O)N[C@](C)(C#N)C4CC4)c(=O)c23)C1. The van der Waals surface area contributed by atoms with Gasteiger partial charge in [-0.25, -0.2) is 4.98 Å². The van der Waals surface area contributed by atoms with Gasteiger partial charge in [0.05, 0.1) is 17.8 Å². The largest absolute Gasteiger partial charge is 0.336 e. The Kier molecular flexibility index (Phi) is 4.11. The van der Waals surface area contributed by atoms with E-state index in [0.29, 0.717) is 11.3 Å². The third-order valence-corrected chi connectivity index (χ3v) is 6.78. The zero-order valence-electron chi connectivity index (χ0n) is 15.0. The average Bonchev–Trinajstić information content (AvgIpc) is 3.39. The number of nitrogens with zero attached hydrogens (tertiary/aromatic N) is 3. The van der Waals surface area contributed by atoms with Gasteiger partial charge in [-0.3, -0.25) is 14.2 Å². The number of rotatable bonds is 4. The first-order valence-electron chi connectivity index (χ1n) is 9.13. The molecule has 0 bridgehead atoms. The molecule has 1 N–H and O–H groups in total. The number of carbonyl (C=O) groups excluding carboxylic acids is 1. The molecule has 4 rings (SSSR count). The zero-order valence-corrected chi connectivity index (χ0v) is 15.9. The number of carbonyl (C=O) groups is 1. The number of nitriles is 1. The molecule has 136 valence electrons. The molecule has 7 heteroatoms. The summed E-state index contributed by atoms with van der Waals surface area (Å²) < 4.78 is 1.37. The zero-order chi connectivity index (χ0) is 18.5. The topological polar surface area (TPSA) is 87.8 Å². The molecule has 26 heavy (non-hydrogen) atoms. The van der Waals surface area contributed by atoms with Crippen LogP contribution in [-0.2, 0) is 24.2 Å². The van der Waals surface area contributed by atoms with Crippen molar-refractivity contribution in [1.29, 1.82) is 5.26 Å². The van der Waals surface area contributed by atoms with Crippen molar-refractivity contribution in [3.63, 3.8) is 0 Å². The molecular weight excluding hydrogens is 348 g/mol. The van der Waals surface area contributed by atoms with Crippen LogP contribution in [-0.4, -0.2) is 21.0 Å². The summed E-state index contributed by atoms with van der Waals surface area (Å²) >= 11 is 1.60. The molecule has 2 atom stereocenters. The molecule has 0 aliphatic heterocycles. The summed E-state index contributed by atoms with van der Waals surface area (Å²) in [5.74, 6) is 0.524. The first kappa shape index (κ1) is 17.2. The van der Waals surface area contributed by atoms with Crippen LogP contribution in [0, 0.1) is 23.2 Å². The van der Waals surface area contributed by atoms with Crippen molar-refractivity contribution in [3.8, 4) is 6.07 Å². The molecule has 1 amide bonds. The molecule has 2 aliphatic carbocycles. The molecular formula is C19H22N4O2S. The molecule has 2 aromatic heterocycles. The summed E-state index contributed by atoms with van der Waals surface area (Å²) in [4.78, 5) is 31.8. The highest BCUT2D eigenvalue weighted by Gasteiger charge is 2.43. The van der Waals surface area contributed by atoms with Crippen molar-refractivity contribution in [1.82, 2.24) is 14.9 Å². The summed E-state index contributed by atoms with van der Waals surface area (Å²) in [5.41, 5.74) is 0.119. The van der Waals surface area contributed by atoms with E-state index in [4.69, 9.17) is 0 Å². The monoisotopic (exact) mass is 370 g/mol. The molecule has 2 aliphatic rings. The Balaban J connectivity index is 1.61. The van der Waals surface area contributed by atoms with Crippen molar-refractivity contribution in [2.75, 3.05) is 0 Å². The highest BCUT2D eigenvalue weighted by atomic mass is 32.1. The van der Waals surface area contributed by atoms with Crippen LogP contribution in [0.3, 0.4) is 0 Å². The first-order valence-corrected chi connectivity index (χ1v) is 9.95. The second-order valence-electron chi connectivity index (χ2n) is 7.85. The van der Waals surface area contributed by atoms with E-state index in [9.17, 15) is 14.9 Å². The normalized spacial score (nSPS) is 21.7. The van der Waals surface area contributed by atoms with Gasteiger partial charge in [0.15, 0.2) is 0 Å². The van der Waals surface area contributed by atoms with Gasteiger partial charge in [-0.1, -0.05) is 6.92 Å². The Morgan fingerprint density at radius 2 is 2.27 bits per heavy atom. The first-order chi connectivity index (χ1) is 12.4. The van der Waals surface area contributed by atoms with Gasteiger partial charge in [0, 0.05) is 4.88 Å². The number of aryl methyl sites for hydroxylation is 1. The molecule has 0 aromatic carbocycles. The average molecular weight is 370 g/mol. The molecule has 2 aromatic rings. The summed E-state index contributed by atoms with van der Waals surface area (Å²) in [6.45, 7) is 3.88. The van der Waals surface area contributed by atoms with Gasteiger partial charge < -0.3 is 5.32 Å². The van der Waals surface area contributed by atoms with Crippen LogP contribution in [0.4, 0.5) is 0 Å². The third kappa shape index (κ3) is 2.92. The predicted molar refractivity (Wildman–Crippen MR) is 100.0 cm³/mol. The summed E-state index contributed by atoms with van der Waals surface area (Å²) in [5, 5.41) is 12.9. The number of thiophene rings is 1. The highest BCUT2D eigenvalue weighted by Crippen LogP contribution is 2.39. The molecule has 0 spiro atoms. The number of hydrogen-bond acceptors (Lipinski definition) is 5. The van der Waals surface area contributed by atoms with Crippen molar-refractivity contribution in [2.24, 2.45) is 11.8 Å². The molecule has 0 radical (unpaired) electrons. The van der Waals surface area contributed by atoms with E-state index in [-0.39, 0.29) is 23.9 Å². The maximum atomic E-state index is 12.9. The fraction of sp³-hybridized carbons (Fsp3) is 0.579. The standard InChI is InChI=1S/C19H22N4O2S/c1-11-3-6-13-14(7-11)26-17-16(13)18(25)23(10-21-17)8-15(24)22-19(2,9-20)12-4-5-12/h10-12H,3-8H2,1-2H3,(H,22,24)/t11-,19-/m1/s1. The van der Waals surface area contributed by atoms with E-state index in [1.54, 1.807) is 18.3 Å². The molecule has 0 saturated heterocycles. The Hall–Kier alpha value is -2.20. The molecule has 2 heterocycles. The lowest BCUT2D eigenvalue weighted by molar-refractivity contribution is -0.123. The summed E-state index contributed by atoms with van der Waals surface area (Å²) in [7, 11) is 0. The van der Waals surface area contributed by atoms with Crippen LogP contribution in [0.1, 0.15) is 43.6 Å². The van der Waals surface area contributed by atoms with Crippen molar-refractivity contribution < 1.29 is 4.79 Å². The van der Waals surface area contributed by atoms with Gasteiger partial charge in [-0.15, -0.1) is 11.3 Å². The van der Waals surface area contributed by atoms with E-state index in [2.05, 4.69) is 23.3 Å². The lowest BCUT2D eigenvalue weighted by Crippen LogP contribution is -2.48. The van der Waals surface area contributed by atoms with Crippen LogP contribution in [0.5, 0.6) is 0 Å². The maximum absolute atomic E-state index is 12.9. The van der Waals surface area contributed by atoms with Crippen LogP contribution >= 0.6 is 11.3 Å². The Labute approximate surface area is 155 Å². The minimum atomic E-state index is -0.851. The van der Waals surface area contributed by atoms with Crippen molar-refractivity contribution in [2.45, 2.75) is 58.0 Å². The fourth-order valence-electron chi connectivity index (χ4n) is 3.84. The van der Waals surface area contributed by atoms with Crippen LogP contribution in [0.25, 0.3) is 10.2 Å². The minimum Gasteiger partial charge on any atom is -0.336 e. The summed E-state index contributed by atoms with van der Waals surface area (Å²) in [6.07, 6.45) is 6.34. The van der Waals surface area contributed by atoms with Gasteiger partial charge in [0.2, 0.25) is 5.91 Å². The fourth-order valence-corrected chi connectivity index (χ4v) is 5.19. The van der Waals surface area contributed by atoms with E-state index in [0.717, 1.165) is 42.5 Å². The molecule has 0 unspecified atom stereocenters. The van der Waals surface area contributed by atoms with Gasteiger partial charge in [0.1, 0.15) is 16.9 Å². The molecule has 6 nitrogen and oxygen atoms in total. The van der Waals surface area contributed by atoms with Crippen LogP contribution in [0.15, 0.2) is 11.1 Å². The van der Waals surface area contributed by atoms with Crippen molar-refractivity contribution in [3.05, 3.63) is 27.1 Å². The Bertz CT molecular complexity index is 982. The Morgan fingerprint density at radius 3 is 2.96 bits per heavy atom. The molecule has 1 fully saturated rings. The molecule has 1 saturated carbocycles. The van der Waals surface area contributed by atoms with E-state index >= 15 is 0 Å². The van der Waals surface area contributed by atoms with Gasteiger partial charge in [0.25, 0.3) is 5.56 Å². The smallest absolute Gasteiger partial charge is 0.262 e. The third-order valence-electron chi connectivity index (χ3n) is 5.62. The lowest BCUT2D eigenvalue weighted by atomic mass is 9.89. The van der Waals surface area contributed by atoms with Gasteiger partial charge in [-0.05, 0) is 56.4 Å². The maximum Gasteiger partial charge on any atom is 0.262 e. The minimum absolute atomic E-state index is 0.104. The van der Waals surface area contributed by atoms with E-state index < -0.39 is 5.54 Å². The van der Waals surface area contributed by atoms with Crippen LogP contribution in [0.2, 0.25) is 0 Å². The van der Waals surface area contributed by atoms with E-state index in [1.807, 2.05) is 0 Å². The summed E-state index contributed by atoms with van der Waals surface area (Å²) in [6, 6.07) is 2.21. The predicted octanol–water partition coefficient (Wildman–Crippen LogP) is 2.39. The van der Waals surface area contributed by atoms with Gasteiger partial charge in [-0.2, -0.15) is 5.26 Å². The number of fused-ring (bicyclic) bond motifs is 3. The van der Waals surface area contributed by atoms with Crippen molar-refractivity contribution >= 4 is 27.5 Å². The Morgan fingerprint density at radius 1 is 1.50 bits per heavy atom. The lowest BCUT2D eigenvalue weighted by Gasteiger charge is -2.23. The van der Waals surface area contributed by atoms with E-state index in [1.165, 1.54) is 15.8 Å². The quantitative estimate of drug-likeness (QED) is 0.895. The number of amides is 1. The number of aromatic nitrogens is 2. The highest BCUT2D eigenvalue weighted by molar-refractivity contribution is 7.18. The number of hydrogen-bond donors (Lipinski definition) is 1. The van der Waals surface area contributed by atoms with Crippen LogP contribution < -0.4 is 10.9 Å². The second-order valence-corrected chi connectivity index (χ2v) is 8.93. The second kappa shape index (κ2) is 6.20. The number of nitrogens with one attached hydrogen (secondary N) is 1.